The number of nitrogens with zero attached hydrogens (tertiary/aromatic N) is 2. The van der Waals surface area contributed by atoms with Crippen molar-refractivity contribution in [3.8, 4) is 50.7 Å². The average Bonchev–Trinajstić information content (AvgIpc) is 3.44. The third-order valence-corrected chi connectivity index (χ3v) is 8.73. The molecule has 0 atom stereocenters. The Labute approximate surface area is 258 Å². The standard InChI is InChI=1S/C41H33N2O/c1-26(2)33-22-23-43(4)37(24-33)38-27(3)10-20-35-36-21-19-34(25-42)39(41(36)44-40(35)38)32-17-15-31(16-18-32)30-13-11-29(12-14-30)28-8-6-5-7-9-28/h5-24,26H,1-4H3/q+1. The summed E-state index contributed by atoms with van der Waals surface area (Å²) in [5.74, 6) is 0.416. The highest BCUT2D eigenvalue weighted by molar-refractivity contribution is 6.14. The number of aryl methyl sites for hydroxylation is 2. The third kappa shape index (κ3) is 4.66. The second-order valence-electron chi connectivity index (χ2n) is 11.8. The van der Waals surface area contributed by atoms with Gasteiger partial charge in [-0.25, -0.2) is 4.57 Å². The van der Waals surface area contributed by atoms with Crippen LogP contribution in [0.2, 0.25) is 0 Å². The van der Waals surface area contributed by atoms with E-state index in [1.807, 2.05) is 18.2 Å². The summed E-state index contributed by atoms with van der Waals surface area (Å²) in [6, 6.07) is 42.7. The van der Waals surface area contributed by atoms with Gasteiger partial charge in [0.2, 0.25) is 5.69 Å². The number of fused-ring (bicyclic) bond motifs is 3. The van der Waals surface area contributed by atoms with Crippen LogP contribution in [0.4, 0.5) is 0 Å². The molecule has 0 fully saturated rings. The molecule has 0 amide bonds. The normalized spacial score (nSPS) is 11.4. The van der Waals surface area contributed by atoms with Crippen LogP contribution in [0.3, 0.4) is 0 Å². The maximum absolute atomic E-state index is 10.2. The molecule has 44 heavy (non-hydrogen) atoms. The maximum atomic E-state index is 10.2. The van der Waals surface area contributed by atoms with E-state index in [1.165, 1.54) is 16.7 Å². The molecule has 0 aliphatic carbocycles. The van der Waals surface area contributed by atoms with Gasteiger partial charge in [-0.2, -0.15) is 5.26 Å². The highest BCUT2D eigenvalue weighted by Gasteiger charge is 2.24. The van der Waals surface area contributed by atoms with Gasteiger partial charge in [-0.05, 0) is 63.9 Å². The zero-order valence-electron chi connectivity index (χ0n) is 25.4. The second-order valence-corrected chi connectivity index (χ2v) is 11.8. The van der Waals surface area contributed by atoms with Gasteiger partial charge >= 0.3 is 0 Å². The summed E-state index contributed by atoms with van der Waals surface area (Å²) in [5.41, 5.74) is 13.3. The van der Waals surface area contributed by atoms with E-state index in [1.54, 1.807) is 0 Å². The van der Waals surface area contributed by atoms with Gasteiger partial charge in [0.1, 0.15) is 18.2 Å². The second kappa shape index (κ2) is 11.0. The van der Waals surface area contributed by atoms with Crippen LogP contribution in [0, 0.1) is 18.3 Å². The molecule has 212 valence electrons. The van der Waals surface area contributed by atoms with Gasteiger partial charge in [-0.1, -0.05) is 105 Å². The van der Waals surface area contributed by atoms with Crippen LogP contribution < -0.4 is 4.57 Å². The number of aromatic nitrogens is 1. The highest BCUT2D eigenvalue weighted by atomic mass is 16.3. The van der Waals surface area contributed by atoms with Gasteiger partial charge in [0.05, 0.1) is 17.2 Å². The molecular formula is C41H33N2O+. The SMILES string of the molecule is Cc1ccc2c(oc3c(-c4ccc(-c5ccc(-c6ccccc6)cc5)cc4)c(C#N)ccc32)c1-c1cc(C(C)C)cc[n+]1C. The molecule has 2 heterocycles. The Morgan fingerprint density at radius 1 is 0.636 bits per heavy atom. The van der Waals surface area contributed by atoms with Crippen molar-refractivity contribution in [1.82, 2.24) is 0 Å². The van der Waals surface area contributed by atoms with E-state index in [2.05, 4.69) is 142 Å². The number of hydrogen-bond donors (Lipinski definition) is 0. The molecule has 3 nitrogen and oxygen atoms in total. The van der Waals surface area contributed by atoms with Crippen LogP contribution in [0.15, 0.2) is 126 Å². The summed E-state index contributed by atoms with van der Waals surface area (Å²) in [6.45, 7) is 6.57. The van der Waals surface area contributed by atoms with Crippen molar-refractivity contribution in [3.05, 3.63) is 138 Å². The molecule has 0 saturated carbocycles. The molecule has 3 heteroatoms. The molecule has 7 rings (SSSR count). The van der Waals surface area contributed by atoms with Gasteiger partial charge in [0, 0.05) is 28.5 Å². The van der Waals surface area contributed by atoms with E-state index < -0.39 is 0 Å². The summed E-state index contributed by atoms with van der Waals surface area (Å²) in [7, 11) is 2.08. The minimum atomic E-state index is 0.416. The Bertz CT molecular complexity index is 2200. The van der Waals surface area contributed by atoms with Crippen molar-refractivity contribution in [1.29, 1.82) is 5.26 Å². The van der Waals surface area contributed by atoms with Crippen LogP contribution in [0.1, 0.15) is 36.5 Å². The number of hydrogen-bond acceptors (Lipinski definition) is 2. The molecule has 7 aromatic rings. The van der Waals surface area contributed by atoms with Gasteiger partial charge in [-0.15, -0.1) is 0 Å². The Kier molecular flexibility index (Phi) is 6.84. The van der Waals surface area contributed by atoms with Crippen molar-refractivity contribution >= 4 is 21.9 Å². The molecule has 5 aromatic carbocycles. The van der Waals surface area contributed by atoms with Crippen LogP contribution in [-0.2, 0) is 7.05 Å². The lowest BCUT2D eigenvalue weighted by atomic mass is 9.94. The van der Waals surface area contributed by atoms with Gasteiger partial charge in [-0.3, -0.25) is 0 Å². The Balaban J connectivity index is 1.35. The lowest BCUT2D eigenvalue weighted by Crippen LogP contribution is -2.31. The molecule has 0 N–H and O–H groups in total. The van der Waals surface area contributed by atoms with Crippen molar-refractivity contribution in [2.45, 2.75) is 26.7 Å². The fourth-order valence-corrected chi connectivity index (χ4v) is 6.21. The molecular weight excluding hydrogens is 536 g/mol. The van der Waals surface area contributed by atoms with Crippen LogP contribution >= 0.6 is 0 Å². The molecule has 0 radical (unpaired) electrons. The predicted octanol–water partition coefficient (Wildman–Crippen LogP) is 10.4. The van der Waals surface area contributed by atoms with Crippen molar-refractivity contribution in [2.75, 3.05) is 0 Å². The summed E-state index contributed by atoms with van der Waals surface area (Å²) in [5, 5.41) is 12.2. The fraction of sp³-hybridized carbons (Fsp3) is 0.122. The van der Waals surface area contributed by atoms with Crippen LogP contribution in [0.5, 0.6) is 0 Å². The average molecular weight is 570 g/mol. The van der Waals surface area contributed by atoms with Crippen LogP contribution in [-0.4, -0.2) is 0 Å². The highest BCUT2D eigenvalue weighted by Crippen LogP contribution is 2.42. The first-order chi connectivity index (χ1) is 21.4. The van der Waals surface area contributed by atoms with Crippen molar-refractivity contribution in [3.63, 3.8) is 0 Å². The maximum Gasteiger partial charge on any atom is 0.216 e. The monoisotopic (exact) mass is 569 g/mol. The minimum absolute atomic E-state index is 0.416. The molecule has 0 spiro atoms. The van der Waals surface area contributed by atoms with Gasteiger partial charge in [0.25, 0.3) is 0 Å². The smallest absolute Gasteiger partial charge is 0.216 e. The summed E-state index contributed by atoms with van der Waals surface area (Å²) < 4.78 is 8.97. The van der Waals surface area contributed by atoms with Crippen LogP contribution in [0.25, 0.3) is 66.6 Å². The predicted molar refractivity (Wildman–Crippen MR) is 180 cm³/mol. The molecule has 0 aliphatic rings. The molecule has 0 unspecified atom stereocenters. The molecule has 0 saturated heterocycles. The molecule has 2 aromatic heterocycles. The lowest BCUT2D eigenvalue weighted by Gasteiger charge is -2.09. The number of rotatable bonds is 5. The third-order valence-electron chi connectivity index (χ3n) is 8.73. The van der Waals surface area contributed by atoms with E-state index >= 15 is 0 Å². The van der Waals surface area contributed by atoms with E-state index in [0.29, 0.717) is 11.5 Å². The largest absolute Gasteiger partial charge is 0.454 e. The van der Waals surface area contributed by atoms with E-state index in [-0.39, 0.29) is 0 Å². The number of furan rings is 1. The Morgan fingerprint density at radius 2 is 1.18 bits per heavy atom. The molecule has 0 bridgehead atoms. The lowest BCUT2D eigenvalue weighted by molar-refractivity contribution is -0.660. The van der Waals surface area contributed by atoms with E-state index in [9.17, 15) is 5.26 Å². The van der Waals surface area contributed by atoms with E-state index in [0.717, 1.165) is 61.0 Å². The van der Waals surface area contributed by atoms with Gasteiger partial charge in [0.15, 0.2) is 6.20 Å². The number of nitriles is 1. The number of benzene rings is 5. The first-order valence-electron chi connectivity index (χ1n) is 15.1. The summed E-state index contributed by atoms with van der Waals surface area (Å²) >= 11 is 0. The number of pyridine rings is 1. The quantitative estimate of drug-likeness (QED) is 0.194. The first-order valence-corrected chi connectivity index (χ1v) is 15.1. The topological polar surface area (TPSA) is 40.8 Å². The Morgan fingerprint density at radius 3 is 1.77 bits per heavy atom. The molecule has 0 aliphatic heterocycles. The minimum Gasteiger partial charge on any atom is -0.454 e. The summed E-state index contributed by atoms with van der Waals surface area (Å²) in [6.07, 6.45) is 2.13. The van der Waals surface area contributed by atoms with Crippen molar-refractivity contribution in [2.24, 2.45) is 7.05 Å². The zero-order chi connectivity index (χ0) is 30.4. The fourth-order valence-electron chi connectivity index (χ4n) is 6.21. The first kappa shape index (κ1) is 27.4. The van der Waals surface area contributed by atoms with Gasteiger partial charge < -0.3 is 4.42 Å². The summed E-state index contributed by atoms with van der Waals surface area (Å²) in [4.78, 5) is 0. The van der Waals surface area contributed by atoms with Crippen molar-refractivity contribution < 1.29 is 8.98 Å². The van der Waals surface area contributed by atoms with E-state index in [4.69, 9.17) is 4.42 Å². The Hall–Kier alpha value is -5.46. The zero-order valence-corrected chi connectivity index (χ0v) is 25.4.